The van der Waals surface area contributed by atoms with Crippen LogP contribution in [0.15, 0.2) is 18.2 Å². The van der Waals surface area contributed by atoms with Gasteiger partial charge in [-0.15, -0.1) is 0 Å². The average molecular weight is 227 g/mol. The highest BCUT2D eigenvalue weighted by Crippen LogP contribution is 2.38. The number of hydrogen-bond donors (Lipinski definition) is 1. The molecular weight excluding hydrogens is 212 g/mol. The van der Waals surface area contributed by atoms with Crippen LogP contribution in [-0.4, -0.2) is 19.8 Å². The molecule has 0 unspecified atom stereocenters. The van der Waals surface area contributed by atoms with Crippen LogP contribution in [0.4, 0.5) is 8.78 Å². The van der Waals surface area contributed by atoms with E-state index in [0.717, 1.165) is 18.9 Å². The van der Waals surface area contributed by atoms with Crippen LogP contribution in [0.25, 0.3) is 0 Å². The van der Waals surface area contributed by atoms with Crippen molar-refractivity contribution < 1.29 is 13.5 Å². The number of rotatable bonds is 4. The van der Waals surface area contributed by atoms with Crippen molar-refractivity contribution in [3.63, 3.8) is 0 Å². The predicted octanol–water partition coefficient (Wildman–Crippen LogP) is 1.97. The van der Waals surface area contributed by atoms with Gasteiger partial charge in [-0.3, -0.25) is 0 Å². The van der Waals surface area contributed by atoms with Gasteiger partial charge in [0.15, 0.2) is 0 Å². The highest BCUT2D eigenvalue weighted by Gasteiger charge is 2.41. The van der Waals surface area contributed by atoms with Crippen LogP contribution in [0.1, 0.15) is 18.4 Å². The molecule has 0 radical (unpaired) electrons. The largest absolute Gasteiger partial charge is 0.379 e. The molecule has 88 valence electrons. The molecule has 16 heavy (non-hydrogen) atoms. The van der Waals surface area contributed by atoms with E-state index in [2.05, 4.69) is 0 Å². The molecule has 0 spiro atoms. The Morgan fingerprint density at radius 2 is 2.06 bits per heavy atom. The van der Waals surface area contributed by atoms with Crippen molar-refractivity contribution in [2.45, 2.75) is 18.3 Å². The zero-order chi connectivity index (χ0) is 11.6. The summed E-state index contributed by atoms with van der Waals surface area (Å²) in [4.78, 5) is 0. The maximum Gasteiger partial charge on any atom is 0.130 e. The van der Waals surface area contributed by atoms with Crippen molar-refractivity contribution in [3.8, 4) is 0 Å². The van der Waals surface area contributed by atoms with E-state index in [1.807, 2.05) is 0 Å². The monoisotopic (exact) mass is 227 g/mol. The van der Waals surface area contributed by atoms with Crippen molar-refractivity contribution in [1.82, 2.24) is 0 Å². The molecule has 4 heteroatoms. The number of hydrogen-bond acceptors (Lipinski definition) is 2. The first-order chi connectivity index (χ1) is 7.68. The lowest BCUT2D eigenvalue weighted by Gasteiger charge is -2.42. The molecule has 1 aromatic carbocycles. The number of ether oxygens (including phenoxy) is 1. The van der Waals surface area contributed by atoms with Gasteiger partial charge in [-0.1, -0.05) is 6.07 Å². The molecule has 1 aliphatic rings. The van der Waals surface area contributed by atoms with Crippen LogP contribution >= 0.6 is 0 Å². The Morgan fingerprint density at radius 3 is 2.56 bits per heavy atom. The van der Waals surface area contributed by atoms with E-state index in [0.29, 0.717) is 25.3 Å². The van der Waals surface area contributed by atoms with Crippen molar-refractivity contribution in [2.75, 3.05) is 19.8 Å². The normalized spacial score (nSPS) is 18.2. The summed E-state index contributed by atoms with van der Waals surface area (Å²) in [5, 5.41) is 0. The van der Waals surface area contributed by atoms with Crippen molar-refractivity contribution in [1.29, 1.82) is 0 Å². The molecule has 1 saturated heterocycles. The third-order valence-electron chi connectivity index (χ3n) is 3.12. The predicted molar refractivity (Wildman–Crippen MR) is 57.1 cm³/mol. The van der Waals surface area contributed by atoms with Gasteiger partial charge in [-0.05, 0) is 31.0 Å². The first kappa shape index (κ1) is 11.5. The van der Waals surface area contributed by atoms with Gasteiger partial charge >= 0.3 is 0 Å². The molecule has 0 bridgehead atoms. The van der Waals surface area contributed by atoms with Crippen LogP contribution in [0, 0.1) is 11.6 Å². The molecule has 0 atom stereocenters. The summed E-state index contributed by atoms with van der Waals surface area (Å²) in [5.74, 6) is -1.03. The molecule has 2 N–H and O–H groups in total. The zero-order valence-electron chi connectivity index (χ0n) is 9.01. The highest BCUT2D eigenvalue weighted by atomic mass is 19.1. The van der Waals surface area contributed by atoms with Gasteiger partial charge in [0.05, 0.1) is 13.2 Å². The van der Waals surface area contributed by atoms with E-state index in [1.54, 1.807) is 0 Å². The Hall–Kier alpha value is -1.00. The van der Waals surface area contributed by atoms with Crippen LogP contribution in [0.5, 0.6) is 0 Å². The van der Waals surface area contributed by atoms with Gasteiger partial charge in [0.25, 0.3) is 0 Å². The second kappa shape index (κ2) is 4.47. The van der Waals surface area contributed by atoms with Crippen molar-refractivity contribution >= 4 is 0 Å². The molecule has 1 fully saturated rings. The summed E-state index contributed by atoms with van der Waals surface area (Å²) in [6, 6.07) is 3.74. The van der Waals surface area contributed by atoms with Gasteiger partial charge in [0.1, 0.15) is 11.6 Å². The topological polar surface area (TPSA) is 35.2 Å². The van der Waals surface area contributed by atoms with Crippen LogP contribution in [0.3, 0.4) is 0 Å². The third-order valence-corrected chi connectivity index (χ3v) is 3.12. The lowest BCUT2D eigenvalue weighted by Crippen LogP contribution is -2.47. The summed E-state index contributed by atoms with van der Waals surface area (Å²) in [5.41, 5.74) is 5.72. The second-order valence-electron chi connectivity index (χ2n) is 4.29. The number of nitrogens with two attached hydrogens (primary N) is 1. The van der Waals surface area contributed by atoms with E-state index >= 15 is 0 Å². The lowest BCUT2D eigenvalue weighted by atomic mass is 9.75. The summed E-state index contributed by atoms with van der Waals surface area (Å²) in [6.07, 6.45) is 1.60. The molecule has 1 aliphatic heterocycles. The smallest absolute Gasteiger partial charge is 0.130 e. The molecule has 1 aromatic rings. The quantitative estimate of drug-likeness (QED) is 0.853. The molecule has 0 aromatic heterocycles. The summed E-state index contributed by atoms with van der Waals surface area (Å²) in [7, 11) is 0. The standard InChI is InChI=1S/C12H15F2NO/c13-9-2-3-10(11(14)6-9)12(4-1-5-15)7-16-8-12/h2-3,6H,1,4-5,7-8,15H2. The maximum atomic E-state index is 13.7. The maximum absolute atomic E-state index is 13.7. The second-order valence-corrected chi connectivity index (χ2v) is 4.29. The van der Waals surface area contributed by atoms with Crippen LogP contribution in [0.2, 0.25) is 0 Å². The third kappa shape index (κ3) is 1.95. The minimum absolute atomic E-state index is 0.294. The van der Waals surface area contributed by atoms with Gasteiger partial charge in [0.2, 0.25) is 0 Å². The highest BCUT2D eigenvalue weighted by molar-refractivity contribution is 5.30. The molecule has 1 heterocycles. The van der Waals surface area contributed by atoms with E-state index in [-0.39, 0.29) is 5.41 Å². The Morgan fingerprint density at radius 1 is 1.31 bits per heavy atom. The average Bonchev–Trinajstić information content (AvgIpc) is 2.19. The van der Waals surface area contributed by atoms with E-state index in [4.69, 9.17) is 10.5 Å². The SMILES string of the molecule is NCCCC1(c2ccc(F)cc2F)COC1. The zero-order valence-corrected chi connectivity index (χ0v) is 9.01. The number of halogens is 2. The molecule has 2 nitrogen and oxygen atoms in total. The first-order valence-electron chi connectivity index (χ1n) is 5.41. The Labute approximate surface area is 93.4 Å². The van der Waals surface area contributed by atoms with Crippen molar-refractivity contribution in [2.24, 2.45) is 5.73 Å². The fourth-order valence-electron chi connectivity index (χ4n) is 2.14. The summed E-state index contributed by atoms with van der Waals surface area (Å²) in [6.45, 7) is 1.57. The molecule has 0 amide bonds. The first-order valence-corrected chi connectivity index (χ1v) is 5.41. The molecule has 2 rings (SSSR count). The van der Waals surface area contributed by atoms with Gasteiger partial charge in [-0.25, -0.2) is 8.78 Å². The van der Waals surface area contributed by atoms with E-state index < -0.39 is 11.6 Å². The molecule has 0 saturated carbocycles. The summed E-state index contributed by atoms with van der Waals surface area (Å²) >= 11 is 0. The minimum atomic E-state index is -0.546. The van der Waals surface area contributed by atoms with Crippen LogP contribution < -0.4 is 5.73 Å². The molecule has 0 aliphatic carbocycles. The van der Waals surface area contributed by atoms with E-state index in [9.17, 15) is 8.78 Å². The molecular formula is C12H15F2NO. The van der Waals surface area contributed by atoms with Crippen LogP contribution in [-0.2, 0) is 10.2 Å². The fraction of sp³-hybridized carbons (Fsp3) is 0.500. The number of benzene rings is 1. The lowest BCUT2D eigenvalue weighted by molar-refractivity contribution is -0.0665. The van der Waals surface area contributed by atoms with E-state index in [1.165, 1.54) is 12.1 Å². The summed E-state index contributed by atoms with van der Waals surface area (Å²) < 4.78 is 31.7. The Kier molecular flexibility index (Phi) is 3.21. The van der Waals surface area contributed by atoms with Gasteiger partial charge in [0, 0.05) is 11.5 Å². The Bertz CT molecular complexity index is 377. The van der Waals surface area contributed by atoms with Crippen molar-refractivity contribution in [3.05, 3.63) is 35.4 Å². The van der Waals surface area contributed by atoms with Gasteiger partial charge < -0.3 is 10.5 Å². The fourth-order valence-corrected chi connectivity index (χ4v) is 2.14. The Balaban J connectivity index is 2.26. The van der Waals surface area contributed by atoms with Gasteiger partial charge in [-0.2, -0.15) is 0 Å². The minimum Gasteiger partial charge on any atom is -0.379 e.